The maximum Gasteiger partial charge on any atom is 0.387 e. The number of aryl methyl sites for hydroxylation is 1. The number of hydrogen-bond acceptors (Lipinski definition) is 5. The summed E-state index contributed by atoms with van der Waals surface area (Å²) in [6.07, 6.45) is 1.75. The molecule has 0 aliphatic heterocycles. The lowest BCUT2D eigenvalue weighted by molar-refractivity contribution is -0.0498. The van der Waals surface area contributed by atoms with Gasteiger partial charge in [0, 0.05) is 23.7 Å². The van der Waals surface area contributed by atoms with Gasteiger partial charge in [-0.2, -0.15) is 13.9 Å². The van der Waals surface area contributed by atoms with Crippen molar-refractivity contribution in [3.05, 3.63) is 28.1 Å². The fraction of sp³-hybridized carbons (Fsp3) is 0.429. The normalized spacial score (nSPS) is 11.3. The number of carbonyl (C=O) groups excluding carboxylic acids is 1. The first-order chi connectivity index (χ1) is 10.8. The van der Waals surface area contributed by atoms with Crippen LogP contribution >= 0.6 is 11.3 Å². The van der Waals surface area contributed by atoms with Gasteiger partial charge >= 0.3 is 6.61 Å². The van der Waals surface area contributed by atoms with E-state index in [4.69, 9.17) is 0 Å². The molecular formula is C14H18F2N4O2S. The first-order valence-electron chi connectivity index (χ1n) is 6.90. The van der Waals surface area contributed by atoms with Crippen LogP contribution in [0.2, 0.25) is 0 Å². The van der Waals surface area contributed by atoms with E-state index in [1.54, 1.807) is 23.9 Å². The van der Waals surface area contributed by atoms with Gasteiger partial charge in [0.15, 0.2) is 5.82 Å². The minimum atomic E-state index is -2.97. The highest BCUT2D eigenvalue weighted by molar-refractivity contribution is 7.14. The number of nitrogens with one attached hydrogen (secondary N) is 1. The lowest BCUT2D eigenvalue weighted by atomic mass is 10.3. The molecule has 0 saturated heterocycles. The molecule has 0 spiro atoms. The van der Waals surface area contributed by atoms with E-state index < -0.39 is 12.5 Å². The number of nitrogens with zero attached hydrogens (tertiary/aromatic N) is 3. The Morgan fingerprint density at radius 2 is 2.26 bits per heavy atom. The minimum Gasteiger partial charge on any atom is -0.433 e. The average Bonchev–Trinajstić information content (AvgIpc) is 3.02. The highest BCUT2D eigenvalue weighted by atomic mass is 32.1. The molecule has 2 rings (SSSR count). The summed E-state index contributed by atoms with van der Waals surface area (Å²) in [5.41, 5.74) is 0. The van der Waals surface area contributed by atoms with Crippen LogP contribution in [0.4, 0.5) is 14.6 Å². The van der Waals surface area contributed by atoms with Crippen molar-refractivity contribution in [3.8, 4) is 5.75 Å². The van der Waals surface area contributed by atoms with Crippen LogP contribution in [0, 0.1) is 6.92 Å². The summed E-state index contributed by atoms with van der Waals surface area (Å²) in [4.78, 5) is 15.1. The molecule has 0 atom stereocenters. The number of anilines is 1. The molecule has 0 bridgehead atoms. The van der Waals surface area contributed by atoms with Gasteiger partial charge in [0.05, 0.1) is 6.54 Å². The average molecular weight is 344 g/mol. The molecule has 0 aliphatic carbocycles. The van der Waals surface area contributed by atoms with Gasteiger partial charge in [0.1, 0.15) is 10.6 Å². The molecule has 1 N–H and O–H groups in total. The molecule has 0 fully saturated rings. The van der Waals surface area contributed by atoms with Crippen molar-refractivity contribution in [2.45, 2.75) is 20.1 Å². The summed E-state index contributed by atoms with van der Waals surface area (Å²) < 4.78 is 30.8. The van der Waals surface area contributed by atoms with Crippen molar-refractivity contribution in [2.75, 3.05) is 26.0 Å². The van der Waals surface area contributed by atoms with E-state index in [1.165, 1.54) is 6.07 Å². The highest BCUT2D eigenvalue weighted by Gasteiger charge is 2.20. The fourth-order valence-electron chi connectivity index (χ4n) is 1.86. The molecule has 1 amide bonds. The largest absolute Gasteiger partial charge is 0.433 e. The Bertz CT molecular complexity index is 670. The Labute approximate surface area is 136 Å². The number of thiophene rings is 1. The number of amides is 1. The van der Waals surface area contributed by atoms with Gasteiger partial charge in [-0.05, 0) is 27.1 Å². The molecule has 0 aliphatic rings. The predicted octanol–water partition coefficient (Wildman–Crippen LogP) is 2.67. The summed E-state index contributed by atoms with van der Waals surface area (Å²) in [6.45, 7) is 0.239. The molecule has 0 aromatic carbocycles. The zero-order valence-electron chi connectivity index (χ0n) is 13.0. The number of ether oxygens (including phenoxy) is 1. The predicted molar refractivity (Wildman–Crippen MR) is 84.4 cm³/mol. The topological polar surface area (TPSA) is 59.4 Å². The van der Waals surface area contributed by atoms with Crippen molar-refractivity contribution in [3.63, 3.8) is 0 Å². The Hall–Kier alpha value is -2.00. The summed E-state index contributed by atoms with van der Waals surface area (Å²) in [7, 11) is 3.91. The van der Waals surface area contributed by atoms with E-state index >= 15 is 0 Å². The molecule has 0 radical (unpaired) electrons. The molecule has 23 heavy (non-hydrogen) atoms. The van der Waals surface area contributed by atoms with Crippen LogP contribution in [-0.4, -0.2) is 47.8 Å². The van der Waals surface area contributed by atoms with E-state index in [1.807, 2.05) is 19.0 Å². The quantitative estimate of drug-likeness (QED) is 0.839. The second-order valence-corrected chi connectivity index (χ2v) is 6.41. The molecule has 6 nitrogen and oxygen atoms in total. The van der Waals surface area contributed by atoms with Gasteiger partial charge in [-0.15, -0.1) is 11.3 Å². The molecule has 9 heteroatoms. The lowest BCUT2D eigenvalue weighted by Gasteiger charge is -2.08. The fourth-order valence-corrected chi connectivity index (χ4v) is 2.70. The van der Waals surface area contributed by atoms with Crippen molar-refractivity contribution < 1.29 is 18.3 Å². The summed E-state index contributed by atoms with van der Waals surface area (Å²) in [5, 5.41) is 6.81. The molecule has 0 saturated carbocycles. The van der Waals surface area contributed by atoms with Crippen molar-refractivity contribution in [2.24, 2.45) is 0 Å². The maximum atomic E-state index is 12.4. The lowest BCUT2D eigenvalue weighted by Crippen LogP contribution is -2.19. The maximum absolute atomic E-state index is 12.4. The summed E-state index contributed by atoms with van der Waals surface area (Å²) >= 11 is 1.09. The van der Waals surface area contributed by atoms with Crippen LogP contribution < -0.4 is 10.1 Å². The molecule has 126 valence electrons. The molecule has 2 aromatic heterocycles. The van der Waals surface area contributed by atoms with E-state index in [0.717, 1.165) is 17.9 Å². The number of rotatable bonds is 7. The van der Waals surface area contributed by atoms with Gasteiger partial charge in [0.25, 0.3) is 5.91 Å². The van der Waals surface area contributed by atoms with Crippen LogP contribution in [-0.2, 0) is 6.54 Å². The Kier molecular flexibility index (Phi) is 5.67. The summed E-state index contributed by atoms with van der Waals surface area (Å²) in [6, 6.07) is 3.07. The third kappa shape index (κ3) is 5.00. The Morgan fingerprint density at radius 1 is 1.52 bits per heavy atom. The van der Waals surface area contributed by atoms with E-state index in [-0.39, 0.29) is 10.6 Å². The van der Waals surface area contributed by atoms with Crippen molar-refractivity contribution >= 4 is 23.1 Å². The summed E-state index contributed by atoms with van der Waals surface area (Å²) in [5.74, 6) is -0.272. The van der Waals surface area contributed by atoms with E-state index in [9.17, 15) is 13.6 Å². The Morgan fingerprint density at radius 3 is 2.91 bits per heavy atom. The van der Waals surface area contributed by atoms with Crippen molar-refractivity contribution in [1.82, 2.24) is 14.7 Å². The second kappa shape index (κ2) is 7.51. The number of alkyl halides is 2. The highest BCUT2D eigenvalue weighted by Crippen LogP contribution is 2.30. The van der Waals surface area contributed by atoms with Crippen molar-refractivity contribution in [1.29, 1.82) is 0 Å². The molecule has 0 unspecified atom stereocenters. The van der Waals surface area contributed by atoms with Gasteiger partial charge in [0.2, 0.25) is 0 Å². The van der Waals surface area contributed by atoms with Crippen LogP contribution in [0.1, 0.15) is 14.5 Å². The Balaban J connectivity index is 2.04. The smallest absolute Gasteiger partial charge is 0.387 e. The monoisotopic (exact) mass is 344 g/mol. The van der Waals surface area contributed by atoms with E-state index in [0.29, 0.717) is 17.2 Å². The standard InChI is InChI=1S/C14H18F2N4O2S/c1-9-8-10(22-14(15)16)12(23-9)13(21)17-11-4-5-20(18-11)7-6-19(2)3/h4-5,8,14H,6-7H2,1-3H3,(H,17,18,21). The molecule has 2 heterocycles. The zero-order valence-corrected chi connectivity index (χ0v) is 13.9. The first kappa shape index (κ1) is 17.4. The number of halogens is 2. The number of carbonyl (C=O) groups is 1. The molecular weight excluding hydrogens is 326 g/mol. The van der Waals surface area contributed by atoms with Crippen LogP contribution in [0.5, 0.6) is 5.75 Å². The number of aromatic nitrogens is 2. The zero-order chi connectivity index (χ0) is 17.0. The second-order valence-electron chi connectivity index (χ2n) is 5.15. The van der Waals surface area contributed by atoms with Crippen LogP contribution in [0.25, 0.3) is 0 Å². The SMILES string of the molecule is Cc1cc(OC(F)F)c(C(=O)Nc2ccn(CCN(C)C)n2)s1. The van der Waals surface area contributed by atoms with Crippen LogP contribution in [0.3, 0.4) is 0 Å². The number of likely N-dealkylation sites (N-methyl/N-ethyl adjacent to an activating group) is 1. The third-order valence-corrected chi connectivity index (χ3v) is 3.93. The van der Waals surface area contributed by atoms with Gasteiger partial charge in [-0.25, -0.2) is 0 Å². The number of hydrogen-bond donors (Lipinski definition) is 1. The van der Waals surface area contributed by atoms with Gasteiger partial charge in [-0.1, -0.05) is 0 Å². The van der Waals surface area contributed by atoms with Crippen LogP contribution in [0.15, 0.2) is 18.3 Å². The minimum absolute atomic E-state index is 0.102. The third-order valence-electron chi connectivity index (χ3n) is 2.90. The van der Waals surface area contributed by atoms with Gasteiger partial charge < -0.3 is 15.0 Å². The molecule has 2 aromatic rings. The van der Waals surface area contributed by atoms with Gasteiger partial charge in [-0.3, -0.25) is 9.48 Å². The van der Waals surface area contributed by atoms with E-state index in [2.05, 4.69) is 15.2 Å². The first-order valence-corrected chi connectivity index (χ1v) is 7.71.